The van der Waals surface area contributed by atoms with E-state index in [1.807, 2.05) is 6.07 Å². The van der Waals surface area contributed by atoms with Crippen LogP contribution in [0.15, 0.2) is 42.7 Å². The Kier molecular flexibility index (Phi) is 4.92. The van der Waals surface area contributed by atoms with Crippen LogP contribution in [-0.4, -0.2) is 48.6 Å². The first kappa shape index (κ1) is 20.8. The Morgan fingerprint density at radius 3 is 2.77 bits per heavy atom. The Balaban J connectivity index is 1.73. The van der Waals surface area contributed by atoms with Gasteiger partial charge in [0.25, 0.3) is 0 Å². The number of hydrogen-bond donors (Lipinski definition) is 3. The van der Waals surface area contributed by atoms with E-state index in [4.69, 9.17) is 10.1 Å². The van der Waals surface area contributed by atoms with Crippen molar-refractivity contribution in [3.63, 3.8) is 0 Å². The Morgan fingerprint density at radius 2 is 2.06 bits per heavy atom. The molecule has 1 fully saturated rings. The third kappa shape index (κ3) is 3.72. The minimum absolute atomic E-state index is 0.119. The molecular weight excluding hydrogens is 423 g/mol. The van der Waals surface area contributed by atoms with Gasteiger partial charge in [-0.05, 0) is 37.3 Å². The van der Waals surface area contributed by atoms with E-state index in [9.17, 15) is 12.8 Å². The monoisotopic (exact) mass is 444 g/mol. The summed E-state index contributed by atoms with van der Waals surface area (Å²) in [5.74, 6) is -0.229. The highest BCUT2D eigenvalue weighted by Crippen LogP contribution is 2.33. The lowest BCUT2D eigenvalue weighted by molar-refractivity contribution is 0.403. The van der Waals surface area contributed by atoms with Gasteiger partial charge >= 0.3 is 0 Å². The quantitative estimate of drug-likeness (QED) is 0.566. The van der Waals surface area contributed by atoms with Crippen molar-refractivity contribution in [3.05, 3.63) is 54.1 Å². The van der Waals surface area contributed by atoms with Crippen LogP contribution in [0.5, 0.6) is 5.75 Å². The first-order valence-corrected chi connectivity index (χ1v) is 10.9. The summed E-state index contributed by atoms with van der Waals surface area (Å²) >= 11 is 0. The number of fused-ring (bicyclic) bond motifs is 1. The van der Waals surface area contributed by atoms with Crippen LogP contribution < -0.4 is 15.4 Å². The Hall–Kier alpha value is -3.47. The second-order valence-electron chi connectivity index (χ2n) is 7.46. The van der Waals surface area contributed by atoms with Crippen molar-refractivity contribution in [1.82, 2.24) is 19.6 Å². The fourth-order valence-electron chi connectivity index (χ4n) is 3.53. The smallest absolute Gasteiger partial charge is 0.239 e. The molecule has 4 rings (SSSR count). The topological polar surface area (TPSA) is 120 Å². The van der Waals surface area contributed by atoms with Crippen molar-refractivity contribution in [3.8, 4) is 5.75 Å². The van der Waals surface area contributed by atoms with Crippen LogP contribution in [0.25, 0.3) is 10.9 Å². The molecule has 3 N–H and O–H groups in total. The minimum atomic E-state index is -3.77. The van der Waals surface area contributed by atoms with E-state index >= 15 is 0 Å². The van der Waals surface area contributed by atoms with E-state index in [1.165, 1.54) is 25.2 Å². The number of halogens is 1. The zero-order valence-electron chi connectivity index (χ0n) is 17.1. The molecule has 0 amide bonds. The molecule has 0 spiro atoms. The number of methoxy groups -OCH3 is 1. The molecule has 1 saturated heterocycles. The fraction of sp³-hybridized carbons (Fsp3) is 0.250. The molecule has 3 aromatic rings. The molecule has 0 unspecified atom stereocenters. The molecule has 1 aliphatic rings. The van der Waals surface area contributed by atoms with E-state index in [0.29, 0.717) is 22.8 Å². The first-order chi connectivity index (χ1) is 14.6. The predicted molar refractivity (Wildman–Crippen MR) is 116 cm³/mol. The van der Waals surface area contributed by atoms with Crippen molar-refractivity contribution >= 4 is 38.4 Å². The number of aromatic nitrogens is 2. The van der Waals surface area contributed by atoms with Crippen LogP contribution in [-0.2, 0) is 15.6 Å². The first-order valence-electron chi connectivity index (χ1n) is 9.32. The zero-order chi connectivity index (χ0) is 22.4. The average Bonchev–Trinajstić information content (AvgIpc) is 2.72. The third-order valence-corrected chi connectivity index (χ3v) is 7.19. The third-order valence-electron chi connectivity index (χ3n) is 5.23. The average molecular weight is 444 g/mol. The van der Waals surface area contributed by atoms with E-state index in [-0.39, 0.29) is 11.5 Å². The number of guanidine groups is 1. The standard InChI is InChI=1S/C20H21FN6O3S/c1-20(11-31(28,29)27(2)19(22)26-20)15-9-13(4-5-16(15)21)25-18-17-12(6-7-23-18)8-14(30-3)10-24-17/h4-10H,11H2,1-3H3,(H2,22,26)(H,23,25)/t20-/m0/s1. The van der Waals surface area contributed by atoms with Crippen molar-refractivity contribution in [2.24, 2.45) is 0 Å². The Labute approximate surface area is 178 Å². The fourth-order valence-corrected chi connectivity index (χ4v) is 5.00. The summed E-state index contributed by atoms with van der Waals surface area (Å²) in [5, 5.41) is 14.7. The summed E-state index contributed by atoms with van der Waals surface area (Å²) in [6.45, 7) is 1.55. The molecule has 2 aromatic heterocycles. The van der Waals surface area contributed by atoms with Crippen molar-refractivity contribution in [2.75, 3.05) is 25.2 Å². The molecule has 1 atom stereocenters. The van der Waals surface area contributed by atoms with Crippen LogP contribution in [0.1, 0.15) is 12.5 Å². The van der Waals surface area contributed by atoms with Crippen LogP contribution in [0.4, 0.5) is 15.9 Å². The molecule has 0 bridgehead atoms. The van der Waals surface area contributed by atoms with E-state index in [0.717, 1.165) is 9.69 Å². The number of anilines is 2. The van der Waals surface area contributed by atoms with Crippen LogP contribution in [0, 0.1) is 11.2 Å². The molecule has 3 heterocycles. The molecule has 162 valence electrons. The van der Waals surface area contributed by atoms with Crippen LogP contribution in [0.3, 0.4) is 0 Å². The molecule has 11 heteroatoms. The highest BCUT2D eigenvalue weighted by atomic mass is 32.2. The van der Waals surface area contributed by atoms with Gasteiger partial charge in [-0.15, -0.1) is 0 Å². The van der Waals surface area contributed by atoms with Gasteiger partial charge in [-0.3, -0.25) is 5.41 Å². The van der Waals surface area contributed by atoms with Gasteiger partial charge in [0.1, 0.15) is 17.1 Å². The normalized spacial score (nSPS) is 20.4. The van der Waals surface area contributed by atoms with Gasteiger partial charge in [-0.1, -0.05) is 0 Å². The maximum atomic E-state index is 14.8. The highest BCUT2D eigenvalue weighted by molar-refractivity contribution is 7.89. The molecule has 0 aliphatic carbocycles. The molecule has 0 radical (unpaired) electrons. The molecule has 0 saturated carbocycles. The SMILES string of the molecule is COc1cnc2c(Nc3ccc(F)c([C@]4(C)CS(=O)(=O)N(C)C(=N)N4)c3)nccc2c1. The van der Waals surface area contributed by atoms with Gasteiger partial charge in [0.05, 0.1) is 24.6 Å². The van der Waals surface area contributed by atoms with Gasteiger partial charge in [0.15, 0.2) is 5.82 Å². The lowest BCUT2D eigenvalue weighted by atomic mass is 9.93. The number of ether oxygens (including phenoxy) is 1. The maximum absolute atomic E-state index is 14.8. The lowest BCUT2D eigenvalue weighted by Gasteiger charge is -2.40. The van der Waals surface area contributed by atoms with Crippen LogP contribution in [0.2, 0.25) is 0 Å². The maximum Gasteiger partial charge on any atom is 0.239 e. The van der Waals surface area contributed by atoms with Gasteiger partial charge in [0, 0.05) is 29.9 Å². The lowest BCUT2D eigenvalue weighted by Crippen LogP contribution is -2.61. The summed E-state index contributed by atoms with van der Waals surface area (Å²) in [7, 11) is -0.925. The second kappa shape index (κ2) is 7.34. The van der Waals surface area contributed by atoms with Crippen molar-refractivity contribution in [1.29, 1.82) is 5.41 Å². The predicted octanol–water partition coefficient (Wildman–Crippen LogP) is 2.54. The molecule has 9 nitrogen and oxygen atoms in total. The summed E-state index contributed by atoms with van der Waals surface area (Å²) in [5.41, 5.74) is -0.0991. The second-order valence-corrected chi connectivity index (χ2v) is 9.46. The number of nitrogens with zero attached hydrogens (tertiary/aromatic N) is 3. The summed E-state index contributed by atoms with van der Waals surface area (Å²) in [6, 6.07) is 7.92. The number of hydrogen-bond acceptors (Lipinski definition) is 7. The van der Waals surface area contributed by atoms with Crippen LogP contribution >= 0.6 is 0 Å². The Morgan fingerprint density at radius 1 is 1.29 bits per heavy atom. The largest absolute Gasteiger partial charge is 0.495 e. The molecule has 31 heavy (non-hydrogen) atoms. The zero-order valence-corrected chi connectivity index (χ0v) is 17.9. The number of nitrogens with one attached hydrogen (secondary N) is 3. The van der Waals surface area contributed by atoms with Gasteiger partial charge in [0.2, 0.25) is 16.0 Å². The van der Waals surface area contributed by atoms with E-state index in [1.54, 1.807) is 32.5 Å². The molecule has 1 aliphatic heterocycles. The number of benzene rings is 1. The summed E-state index contributed by atoms with van der Waals surface area (Å²) in [4.78, 5) is 8.70. The minimum Gasteiger partial charge on any atom is -0.495 e. The van der Waals surface area contributed by atoms with Gasteiger partial charge in [-0.25, -0.2) is 27.1 Å². The van der Waals surface area contributed by atoms with Gasteiger partial charge < -0.3 is 15.4 Å². The van der Waals surface area contributed by atoms with Gasteiger partial charge in [-0.2, -0.15) is 0 Å². The highest BCUT2D eigenvalue weighted by Gasteiger charge is 2.43. The summed E-state index contributed by atoms with van der Waals surface area (Å²) < 4.78 is 45.7. The summed E-state index contributed by atoms with van der Waals surface area (Å²) in [6.07, 6.45) is 3.19. The molecular formula is C20H21FN6O3S. The number of sulfonamides is 1. The Bertz CT molecular complexity index is 1300. The van der Waals surface area contributed by atoms with E-state index in [2.05, 4.69) is 20.6 Å². The van der Waals surface area contributed by atoms with Crippen molar-refractivity contribution < 1.29 is 17.5 Å². The van der Waals surface area contributed by atoms with Crippen molar-refractivity contribution in [2.45, 2.75) is 12.5 Å². The van der Waals surface area contributed by atoms with E-state index < -0.39 is 27.1 Å². The molecule has 1 aromatic carbocycles. The number of rotatable bonds is 4. The number of pyridine rings is 2.